The molecule has 18 heavy (non-hydrogen) atoms. The summed E-state index contributed by atoms with van der Waals surface area (Å²) in [5, 5.41) is 0.794. The van der Waals surface area contributed by atoms with Gasteiger partial charge in [0.1, 0.15) is 0 Å². The van der Waals surface area contributed by atoms with Crippen LogP contribution in [0.5, 0.6) is 0 Å². The molecule has 0 aromatic heterocycles. The van der Waals surface area contributed by atoms with Gasteiger partial charge in [-0.15, -0.1) is 0 Å². The smallest absolute Gasteiger partial charge is 0.0705 e. The van der Waals surface area contributed by atoms with Crippen molar-refractivity contribution >= 4 is 11.6 Å². The summed E-state index contributed by atoms with van der Waals surface area (Å²) in [6.07, 6.45) is 1.06. The predicted molar refractivity (Wildman–Crippen MR) is 75.6 cm³/mol. The van der Waals surface area contributed by atoms with E-state index in [2.05, 4.69) is 45.3 Å². The van der Waals surface area contributed by atoms with E-state index < -0.39 is 0 Å². The Balaban J connectivity index is 2.15. The largest absolute Gasteiger partial charge is 0.301 e. The average Bonchev–Trinajstić information content (AvgIpc) is 2.50. The molecule has 1 atom stereocenters. The summed E-state index contributed by atoms with van der Waals surface area (Å²) in [7, 11) is 0. The molecule has 1 unspecified atom stereocenters. The van der Waals surface area contributed by atoms with E-state index in [9.17, 15) is 0 Å². The molecule has 1 N–H and O–H groups in total. The first-order valence-electron chi connectivity index (χ1n) is 6.56. The van der Waals surface area contributed by atoms with Gasteiger partial charge >= 0.3 is 0 Å². The summed E-state index contributed by atoms with van der Waals surface area (Å²) in [5.74, 6) is 0.529. The number of benzene rings is 1. The van der Waals surface area contributed by atoms with Gasteiger partial charge in [0, 0.05) is 5.02 Å². The average molecular weight is 268 g/mol. The number of fused-ring (bicyclic) bond motifs is 1. The second-order valence-electron chi connectivity index (χ2n) is 6.26. The summed E-state index contributed by atoms with van der Waals surface area (Å²) < 4.78 is 0. The van der Waals surface area contributed by atoms with Gasteiger partial charge in [-0.3, -0.25) is 0 Å². The topological polar surface area (TPSA) is 21.3 Å². The Kier molecular flexibility index (Phi) is 4.00. The molecule has 0 bridgehead atoms. The Labute approximate surface area is 115 Å². The quantitative estimate of drug-likeness (QED) is 0.828. The lowest BCUT2D eigenvalue weighted by atomic mass is 9.86. The van der Waals surface area contributed by atoms with Crippen LogP contribution in [0.15, 0.2) is 18.2 Å². The number of rotatable bonds is 4. The highest BCUT2D eigenvalue weighted by Crippen LogP contribution is 2.45. The Bertz CT molecular complexity index is 429. The molecular weight excluding hydrogens is 246 g/mol. The molecule has 1 aromatic carbocycles. The van der Waals surface area contributed by atoms with Crippen LogP contribution in [-0.4, -0.2) is 6.61 Å². The van der Waals surface area contributed by atoms with Crippen molar-refractivity contribution in [2.45, 2.75) is 40.2 Å². The lowest BCUT2D eigenvalue weighted by molar-refractivity contribution is -0.0237. The van der Waals surface area contributed by atoms with Crippen LogP contribution >= 0.6 is 11.6 Å². The fourth-order valence-electron chi connectivity index (χ4n) is 2.53. The van der Waals surface area contributed by atoms with Crippen LogP contribution in [0.1, 0.15) is 44.9 Å². The highest BCUT2D eigenvalue weighted by molar-refractivity contribution is 6.30. The number of hydrogen-bond acceptors (Lipinski definition) is 2. The van der Waals surface area contributed by atoms with Crippen molar-refractivity contribution in [3.05, 3.63) is 34.3 Å². The Morgan fingerprint density at radius 2 is 2.17 bits per heavy atom. The zero-order chi connectivity index (χ0) is 13.3. The van der Waals surface area contributed by atoms with E-state index in [0.29, 0.717) is 5.92 Å². The standard InChI is InChI=1S/C15H22ClNO/c1-10(2)9-18-17-14-13-7-12(16)6-5-11(13)8-15(14,3)4/h5-7,10,14,17H,8-9H2,1-4H3. The molecule has 0 amide bonds. The summed E-state index contributed by atoms with van der Waals surface area (Å²) in [6, 6.07) is 6.37. The summed E-state index contributed by atoms with van der Waals surface area (Å²) >= 11 is 6.10. The van der Waals surface area contributed by atoms with Gasteiger partial charge in [0.05, 0.1) is 12.6 Å². The molecule has 0 radical (unpaired) electrons. The molecule has 0 aliphatic heterocycles. The van der Waals surface area contributed by atoms with Gasteiger partial charge in [-0.25, -0.2) is 0 Å². The molecule has 2 nitrogen and oxygen atoms in total. The van der Waals surface area contributed by atoms with Crippen molar-refractivity contribution in [3.8, 4) is 0 Å². The van der Waals surface area contributed by atoms with E-state index in [4.69, 9.17) is 16.4 Å². The Morgan fingerprint density at radius 1 is 1.44 bits per heavy atom. The molecule has 1 aliphatic rings. The minimum absolute atomic E-state index is 0.157. The number of hydroxylamine groups is 1. The first-order valence-corrected chi connectivity index (χ1v) is 6.93. The van der Waals surface area contributed by atoms with Gasteiger partial charge < -0.3 is 4.84 Å². The Hall–Kier alpha value is -0.570. The molecule has 0 heterocycles. The molecule has 3 heteroatoms. The lowest BCUT2D eigenvalue weighted by Gasteiger charge is -2.28. The molecular formula is C15H22ClNO. The lowest BCUT2D eigenvalue weighted by Crippen LogP contribution is -2.32. The van der Waals surface area contributed by atoms with Gasteiger partial charge in [0.2, 0.25) is 0 Å². The monoisotopic (exact) mass is 267 g/mol. The fraction of sp³-hybridized carbons (Fsp3) is 0.600. The van der Waals surface area contributed by atoms with E-state index in [1.807, 2.05) is 6.07 Å². The number of halogens is 1. The second kappa shape index (κ2) is 5.20. The minimum atomic E-state index is 0.157. The maximum atomic E-state index is 6.10. The third kappa shape index (κ3) is 2.87. The fourth-order valence-corrected chi connectivity index (χ4v) is 2.71. The predicted octanol–water partition coefficient (Wildman–Crippen LogP) is 4.14. The van der Waals surface area contributed by atoms with Crippen molar-refractivity contribution in [3.63, 3.8) is 0 Å². The van der Waals surface area contributed by atoms with Gasteiger partial charge in [-0.2, -0.15) is 5.48 Å². The van der Waals surface area contributed by atoms with Crippen LogP contribution in [0.25, 0.3) is 0 Å². The molecule has 0 saturated carbocycles. The van der Waals surface area contributed by atoms with Crippen molar-refractivity contribution in [1.29, 1.82) is 0 Å². The van der Waals surface area contributed by atoms with Gasteiger partial charge in [-0.05, 0) is 41.0 Å². The van der Waals surface area contributed by atoms with Crippen molar-refractivity contribution < 1.29 is 4.84 Å². The third-order valence-corrected chi connectivity index (χ3v) is 3.70. The van der Waals surface area contributed by atoms with E-state index in [0.717, 1.165) is 18.1 Å². The van der Waals surface area contributed by atoms with E-state index in [-0.39, 0.29) is 11.5 Å². The first-order chi connectivity index (χ1) is 8.40. The minimum Gasteiger partial charge on any atom is -0.301 e. The maximum Gasteiger partial charge on any atom is 0.0705 e. The highest BCUT2D eigenvalue weighted by Gasteiger charge is 2.39. The van der Waals surface area contributed by atoms with Gasteiger partial charge in [0.25, 0.3) is 0 Å². The molecule has 0 fully saturated rings. The molecule has 0 saturated heterocycles. The number of hydrogen-bond donors (Lipinski definition) is 1. The van der Waals surface area contributed by atoms with Crippen molar-refractivity contribution in [2.24, 2.45) is 11.3 Å². The van der Waals surface area contributed by atoms with Crippen LogP contribution in [0.3, 0.4) is 0 Å². The van der Waals surface area contributed by atoms with Gasteiger partial charge in [0.15, 0.2) is 0 Å². The second-order valence-corrected chi connectivity index (χ2v) is 6.70. The zero-order valence-electron chi connectivity index (χ0n) is 11.6. The van der Waals surface area contributed by atoms with Crippen LogP contribution in [0.2, 0.25) is 5.02 Å². The SMILES string of the molecule is CC(C)CONC1c2cc(Cl)ccc2CC1(C)C. The van der Waals surface area contributed by atoms with Crippen LogP contribution < -0.4 is 5.48 Å². The zero-order valence-corrected chi connectivity index (χ0v) is 12.3. The summed E-state index contributed by atoms with van der Waals surface area (Å²) in [4.78, 5) is 5.62. The molecule has 100 valence electrons. The van der Waals surface area contributed by atoms with Crippen LogP contribution in [0.4, 0.5) is 0 Å². The molecule has 1 aliphatic carbocycles. The molecule has 1 aromatic rings. The molecule has 2 rings (SSSR count). The molecule has 0 spiro atoms. The summed E-state index contributed by atoms with van der Waals surface area (Å²) in [6.45, 7) is 9.54. The summed E-state index contributed by atoms with van der Waals surface area (Å²) in [5.41, 5.74) is 6.03. The van der Waals surface area contributed by atoms with Crippen molar-refractivity contribution in [1.82, 2.24) is 5.48 Å². The van der Waals surface area contributed by atoms with Crippen LogP contribution in [0, 0.1) is 11.3 Å². The highest BCUT2D eigenvalue weighted by atomic mass is 35.5. The number of nitrogens with one attached hydrogen (secondary N) is 1. The first kappa shape index (κ1) is 13.9. The van der Waals surface area contributed by atoms with E-state index in [1.54, 1.807) is 0 Å². The van der Waals surface area contributed by atoms with Crippen LogP contribution in [-0.2, 0) is 11.3 Å². The Morgan fingerprint density at radius 3 is 2.83 bits per heavy atom. The van der Waals surface area contributed by atoms with E-state index >= 15 is 0 Å². The normalized spacial score (nSPS) is 21.3. The third-order valence-electron chi connectivity index (χ3n) is 3.46. The maximum absolute atomic E-state index is 6.10. The van der Waals surface area contributed by atoms with Crippen molar-refractivity contribution in [2.75, 3.05) is 6.61 Å². The van der Waals surface area contributed by atoms with Gasteiger partial charge in [-0.1, -0.05) is 45.4 Å². The van der Waals surface area contributed by atoms with E-state index in [1.165, 1.54) is 11.1 Å².